The second-order valence-electron chi connectivity index (χ2n) is 5.41. The van der Waals surface area contributed by atoms with Crippen molar-refractivity contribution in [1.29, 1.82) is 0 Å². The van der Waals surface area contributed by atoms with Gasteiger partial charge in [0.1, 0.15) is 0 Å². The molecule has 5 heteroatoms. The van der Waals surface area contributed by atoms with Gasteiger partial charge >= 0.3 is 0 Å². The van der Waals surface area contributed by atoms with Crippen molar-refractivity contribution >= 4 is 17.5 Å². The topological polar surface area (TPSA) is 63.1 Å². The van der Waals surface area contributed by atoms with Crippen molar-refractivity contribution in [3.63, 3.8) is 0 Å². The van der Waals surface area contributed by atoms with E-state index >= 15 is 0 Å². The fraction of sp³-hybridized carbons (Fsp3) is 0.412. The Kier molecular flexibility index (Phi) is 4.73. The lowest BCUT2D eigenvalue weighted by atomic mass is 9.98. The summed E-state index contributed by atoms with van der Waals surface area (Å²) in [5.74, 6) is 1.35. The van der Waals surface area contributed by atoms with E-state index in [4.69, 9.17) is 4.99 Å². The molecule has 0 aliphatic heterocycles. The lowest BCUT2D eigenvalue weighted by Crippen LogP contribution is -2.06. The summed E-state index contributed by atoms with van der Waals surface area (Å²) in [4.78, 5) is 18.2. The monoisotopic (exact) mass is 295 g/mol. The van der Waals surface area contributed by atoms with Crippen molar-refractivity contribution in [2.24, 2.45) is 4.99 Å². The van der Waals surface area contributed by atoms with Gasteiger partial charge in [-0.3, -0.25) is 4.98 Å². The number of aliphatic imine (C=N–C) groups is 1. The molecule has 2 aromatic heterocycles. The van der Waals surface area contributed by atoms with Gasteiger partial charge in [-0.2, -0.15) is 4.98 Å². The summed E-state index contributed by atoms with van der Waals surface area (Å²) >= 11 is 0. The summed E-state index contributed by atoms with van der Waals surface area (Å²) in [6.45, 7) is 2.82. The molecule has 22 heavy (non-hydrogen) atoms. The van der Waals surface area contributed by atoms with E-state index in [9.17, 15) is 0 Å². The van der Waals surface area contributed by atoms with Crippen molar-refractivity contribution in [2.75, 3.05) is 11.9 Å². The summed E-state index contributed by atoms with van der Waals surface area (Å²) in [5.41, 5.74) is 2.99. The smallest absolute Gasteiger partial charge is 0.224 e. The molecule has 0 unspecified atom stereocenters. The first-order chi connectivity index (χ1) is 10.9. The highest BCUT2D eigenvalue weighted by molar-refractivity contribution is 5.89. The van der Waals surface area contributed by atoms with E-state index in [0.29, 0.717) is 5.95 Å². The molecule has 0 bridgehead atoms. The average Bonchev–Trinajstić information content (AvgIpc) is 2.57. The third-order valence-electron chi connectivity index (χ3n) is 3.74. The van der Waals surface area contributed by atoms with Crippen LogP contribution in [0.5, 0.6) is 0 Å². The molecule has 0 saturated heterocycles. The maximum absolute atomic E-state index is 4.82. The lowest BCUT2D eigenvalue weighted by Gasteiger charge is -2.13. The number of nitrogens with one attached hydrogen (secondary N) is 1. The van der Waals surface area contributed by atoms with E-state index < -0.39 is 0 Å². The number of rotatable bonds is 4. The van der Waals surface area contributed by atoms with Crippen LogP contribution >= 0.6 is 0 Å². The molecule has 1 aliphatic carbocycles. The number of aromatic nitrogens is 3. The molecule has 0 spiro atoms. The van der Waals surface area contributed by atoms with Crippen LogP contribution in [0.4, 0.5) is 11.8 Å². The number of nitrogens with zero attached hydrogens (tertiary/aromatic N) is 4. The molecule has 1 fully saturated rings. The summed E-state index contributed by atoms with van der Waals surface area (Å²) in [7, 11) is 0. The Balaban J connectivity index is 2.01. The summed E-state index contributed by atoms with van der Waals surface area (Å²) in [6.07, 6.45) is 9.50. The standard InChI is InChI=1S/C17H21N5/c1-2-18-17-20-12-14(15-10-6-7-11-19-15)16(22-17)21-13-8-4-3-5-9-13/h6-7,10-12H,2-5,8-9H2,1H3,(H,18,20,22). The Morgan fingerprint density at radius 3 is 2.73 bits per heavy atom. The van der Waals surface area contributed by atoms with Crippen LogP contribution in [0.1, 0.15) is 39.0 Å². The van der Waals surface area contributed by atoms with Crippen LogP contribution in [0.15, 0.2) is 35.6 Å². The lowest BCUT2D eigenvalue weighted by molar-refractivity contribution is 0.666. The number of hydrogen-bond acceptors (Lipinski definition) is 5. The van der Waals surface area contributed by atoms with Crippen LogP contribution in [-0.4, -0.2) is 27.2 Å². The first kappa shape index (κ1) is 14.6. The molecular weight excluding hydrogens is 274 g/mol. The van der Waals surface area contributed by atoms with Crippen LogP contribution in [0, 0.1) is 0 Å². The molecule has 0 amide bonds. The van der Waals surface area contributed by atoms with E-state index in [0.717, 1.165) is 36.5 Å². The minimum Gasteiger partial charge on any atom is -0.354 e. The van der Waals surface area contributed by atoms with Crippen molar-refractivity contribution in [1.82, 2.24) is 15.0 Å². The van der Waals surface area contributed by atoms with E-state index in [-0.39, 0.29) is 0 Å². The molecular formula is C17H21N5. The Morgan fingerprint density at radius 1 is 1.14 bits per heavy atom. The molecule has 5 nitrogen and oxygen atoms in total. The maximum Gasteiger partial charge on any atom is 0.224 e. The van der Waals surface area contributed by atoms with Crippen LogP contribution in [-0.2, 0) is 0 Å². The normalized spacial score (nSPS) is 14.7. The second-order valence-corrected chi connectivity index (χ2v) is 5.41. The van der Waals surface area contributed by atoms with Crippen LogP contribution in [0.3, 0.4) is 0 Å². The Labute approximate surface area is 131 Å². The zero-order valence-corrected chi connectivity index (χ0v) is 12.9. The van der Waals surface area contributed by atoms with Gasteiger partial charge in [-0.15, -0.1) is 0 Å². The highest BCUT2D eigenvalue weighted by Crippen LogP contribution is 2.29. The summed E-state index contributed by atoms with van der Waals surface area (Å²) in [6, 6.07) is 5.85. The number of anilines is 1. The van der Waals surface area contributed by atoms with Gasteiger partial charge in [-0.05, 0) is 44.7 Å². The van der Waals surface area contributed by atoms with Gasteiger partial charge in [0, 0.05) is 24.7 Å². The minimum absolute atomic E-state index is 0.623. The molecule has 1 N–H and O–H groups in total. The van der Waals surface area contributed by atoms with Gasteiger partial charge < -0.3 is 5.32 Å². The highest BCUT2D eigenvalue weighted by Gasteiger charge is 2.12. The van der Waals surface area contributed by atoms with E-state index in [1.165, 1.54) is 25.0 Å². The largest absolute Gasteiger partial charge is 0.354 e. The first-order valence-corrected chi connectivity index (χ1v) is 7.95. The van der Waals surface area contributed by atoms with E-state index in [1.54, 1.807) is 6.20 Å². The fourth-order valence-electron chi connectivity index (χ4n) is 2.63. The molecule has 1 saturated carbocycles. The van der Waals surface area contributed by atoms with Crippen LogP contribution in [0.25, 0.3) is 11.3 Å². The van der Waals surface area contributed by atoms with Gasteiger partial charge in [-0.25, -0.2) is 9.98 Å². The zero-order valence-electron chi connectivity index (χ0n) is 12.9. The fourth-order valence-corrected chi connectivity index (χ4v) is 2.63. The third-order valence-corrected chi connectivity index (χ3v) is 3.74. The minimum atomic E-state index is 0.623. The first-order valence-electron chi connectivity index (χ1n) is 7.95. The molecule has 114 valence electrons. The molecule has 2 aromatic rings. The van der Waals surface area contributed by atoms with Crippen LogP contribution in [0.2, 0.25) is 0 Å². The van der Waals surface area contributed by atoms with Crippen molar-refractivity contribution in [2.45, 2.75) is 39.0 Å². The molecule has 1 aliphatic rings. The van der Waals surface area contributed by atoms with E-state index in [2.05, 4.69) is 20.3 Å². The van der Waals surface area contributed by atoms with Gasteiger partial charge in [0.15, 0.2) is 5.82 Å². The predicted octanol–water partition coefficient (Wildman–Crippen LogP) is 4.01. The van der Waals surface area contributed by atoms with Gasteiger partial charge in [0.25, 0.3) is 0 Å². The third kappa shape index (κ3) is 3.47. The number of pyridine rings is 1. The van der Waals surface area contributed by atoms with Crippen molar-refractivity contribution in [3.8, 4) is 11.3 Å². The summed E-state index contributed by atoms with van der Waals surface area (Å²) in [5, 5.41) is 3.15. The predicted molar refractivity (Wildman–Crippen MR) is 89.6 cm³/mol. The van der Waals surface area contributed by atoms with Crippen molar-refractivity contribution < 1.29 is 0 Å². The zero-order chi connectivity index (χ0) is 15.2. The quantitative estimate of drug-likeness (QED) is 0.925. The molecule has 0 aromatic carbocycles. The SMILES string of the molecule is CCNc1ncc(-c2ccccn2)c(N=C2CCCCC2)n1. The second kappa shape index (κ2) is 7.11. The molecule has 2 heterocycles. The maximum atomic E-state index is 4.82. The van der Waals surface area contributed by atoms with Gasteiger partial charge in [0.05, 0.1) is 11.3 Å². The molecule has 0 radical (unpaired) electrons. The Morgan fingerprint density at radius 2 is 2.00 bits per heavy atom. The van der Waals surface area contributed by atoms with Crippen LogP contribution < -0.4 is 5.32 Å². The van der Waals surface area contributed by atoms with Gasteiger partial charge in [-0.1, -0.05) is 12.5 Å². The highest BCUT2D eigenvalue weighted by atomic mass is 15.1. The Hall–Kier alpha value is -2.30. The summed E-state index contributed by atoms with van der Waals surface area (Å²) < 4.78 is 0. The average molecular weight is 295 g/mol. The Bertz CT molecular complexity index is 643. The molecule has 3 rings (SSSR count). The van der Waals surface area contributed by atoms with E-state index in [1.807, 2.05) is 31.3 Å². The van der Waals surface area contributed by atoms with Crippen molar-refractivity contribution in [3.05, 3.63) is 30.6 Å². The molecule has 0 atom stereocenters. The number of hydrogen-bond donors (Lipinski definition) is 1. The van der Waals surface area contributed by atoms with Gasteiger partial charge in [0.2, 0.25) is 5.95 Å².